The molecule has 0 heterocycles. The first-order valence-electron chi connectivity index (χ1n) is 10.7. The van der Waals surface area contributed by atoms with Crippen molar-refractivity contribution in [3.63, 3.8) is 0 Å². The Balaban J connectivity index is 0. The van der Waals surface area contributed by atoms with Gasteiger partial charge in [-0.1, -0.05) is 96.9 Å². The summed E-state index contributed by atoms with van der Waals surface area (Å²) < 4.78 is 0. The van der Waals surface area contributed by atoms with E-state index in [1.807, 2.05) is 0 Å². The van der Waals surface area contributed by atoms with Gasteiger partial charge in [-0.15, -0.1) is 0 Å². The highest BCUT2D eigenvalue weighted by molar-refractivity contribution is 4.90. The van der Waals surface area contributed by atoms with Crippen LogP contribution >= 0.6 is 0 Å². The van der Waals surface area contributed by atoms with E-state index in [-0.39, 0.29) is 14.9 Å². The molecule has 0 aliphatic heterocycles. The van der Waals surface area contributed by atoms with Crippen molar-refractivity contribution in [2.45, 2.75) is 135 Å². The molecule has 0 N–H and O–H groups in total. The Labute approximate surface area is 169 Å². The molecule has 0 spiro atoms. The van der Waals surface area contributed by atoms with Gasteiger partial charge in [-0.05, 0) is 72.0 Å². The van der Waals surface area contributed by atoms with Gasteiger partial charge in [-0.2, -0.15) is 0 Å². The minimum absolute atomic E-state index is 0. The van der Waals surface area contributed by atoms with Crippen LogP contribution in [0.15, 0.2) is 0 Å². The third-order valence-corrected chi connectivity index (χ3v) is 7.00. The third kappa shape index (κ3) is 8.79. The van der Waals surface area contributed by atoms with E-state index in [0.29, 0.717) is 21.7 Å². The lowest BCUT2D eigenvalue weighted by Crippen LogP contribution is -2.34. The molecule has 2 aliphatic rings. The molecule has 2 rings (SSSR count). The number of hydrogen-bond acceptors (Lipinski definition) is 0. The SMILES string of the molecule is C.C.CCC1(C)CC(C)CC(C)(C)C1.CCC1(C)CC(C)CC(C)(C)C1. The van der Waals surface area contributed by atoms with E-state index in [1.54, 1.807) is 0 Å². The van der Waals surface area contributed by atoms with Crippen LogP contribution < -0.4 is 0 Å². The molecule has 0 amide bonds. The average Bonchev–Trinajstić information content (AvgIpc) is 2.33. The molecule has 2 saturated carbocycles. The lowest BCUT2D eigenvalue weighted by atomic mass is 9.60. The van der Waals surface area contributed by atoms with Gasteiger partial charge in [0.25, 0.3) is 0 Å². The highest BCUT2D eigenvalue weighted by atomic mass is 14.4. The van der Waals surface area contributed by atoms with Crippen molar-refractivity contribution in [1.82, 2.24) is 0 Å². The van der Waals surface area contributed by atoms with Crippen molar-refractivity contribution in [3.8, 4) is 0 Å². The summed E-state index contributed by atoms with van der Waals surface area (Å²) in [5.41, 5.74) is 2.42. The first-order valence-corrected chi connectivity index (χ1v) is 10.7. The summed E-state index contributed by atoms with van der Waals surface area (Å²) >= 11 is 0. The predicted molar refractivity (Wildman–Crippen MR) is 124 cm³/mol. The summed E-state index contributed by atoms with van der Waals surface area (Å²) in [6.07, 6.45) is 11.2. The second-order valence-corrected chi connectivity index (χ2v) is 12.0. The zero-order chi connectivity index (χ0) is 18.8. The highest BCUT2D eigenvalue weighted by Gasteiger charge is 2.39. The van der Waals surface area contributed by atoms with E-state index in [9.17, 15) is 0 Å². The largest absolute Gasteiger partial charge is 0.0776 e. The van der Waals surface area contributed by atoms with Crippen molar-refractivity contribution in [3.05, 3.63) is 0 Å². The number of rotatable bonds is 2. The van der Waals surface area contributed by atoms with E-state index in [1.165, 1.54) is 51.4 Å². The molecule has 0 nitrogen and oxygen atoms in total. The maximum absolute atomic E-state index is 2.46. The predicted octanol–water partition coefficient (Wildman–Crippen LogP) is 9.77. The first kappa shape index (κ1) is 28.2. The van der Waals surface area contributed by atoms with Gasteiger partial charge in [0, 0.05) is 0 Å². The molecule has 26 heavy (non-hydrogen) atoms. The topological polar surface area (TPSA) is 0 Å². The lowest BCUT2D eigenvalue weighted by molar-refractivity contribution is 0.0578. The van der Waals surface area contributed by atoms with Gasteiger partial charge >= 0.3 is 0 Å². The summed E-state index contributed by atoms with van der Waals surface area (Å²) in [4.78, 5) is 0. The van der Waals surface area contributed by atoms with Gasteiger partial charge in [0.15, 0.2) is 0 Å². The molecule has 0 aromatic carbocycles. The monoisotopic (exact) mass is 368 g/mol. The average molecular weight is 369 g/mol. The molecule has 0 saturated heterocycles. The normalized spacial score (nSPS) is 38.1. The van der Waals surface area contributed by atoms with Crippen molar-refractivity contribution in [2.75, 3.05) is 0 Å². The van der Waals surface area contributed by atoms with Gasteiger partial charge in [0.1, 0.15) is 0 Å². The van der Waals surface area contributed by atoms with Crippen LogP contribution in [0.25, 0.3) is 0 Å². The van der Waals surface area contributed by atoms with E-state index in [2.05, 4.69) is 69.2 Å². The van der Waals surface area contributed by atoms with Crippen LogP contribution in [0.2, 0.25) is 0 Å². The Morgan fingerprint density at radius 1 is 0.577 bits per heavy atom. The molecular weight excluding hydrogens is 312 g/mol. The molecule has 160 valence electrons. The standard InChI is InChI=1S/2C12H24.2CH4/c2*1-6-12(5)8-10(2)7-11(3,4)9-12;;/h2*10H,6-9H2,1-5H3;2*1H4. The molecule has 0 aromatic heterocycles. The first-order chi connectivity index (χ1) is 10.7. The second-order valence-electron chi connectivity index (χ2n) is 12.0. The Morgan fingerprint density at radius 2 is 0.846 bits per heavy atom. The fourth-order valence-electron chi connectivity index (χ4n) is 6.85. The van der Waals surface area contributed by atoms with Gasteiger partial charge < -0.3 is 0 Å². The van der Waals surface area contributed by atoms with Crippen LogP contribution in [0.4, 0.5) is 0 Å². The fourth-order valence-corrected chi connectivity index (χ4v) is 6.85. The Morgan fingerprint density at radius 3 is 1.04 bits per heavy atom. The molecule has 0 heteroatoms. The zero-order valence-corrected chi connectivity index (χ0v) is 18.8. The van der Waals surface area contributed by atoms with Crippen LogP contribution in [-0.4, -0.2) is 0 Å². The fraction of sp³-hybridized carbons (Fsp3) is 1.00. The quantitative estimate of drug-likeness (QED) is 0.455. The Hall–Kier alpha value is 0. The van der Waals surface area contributed by atoms with Crippen molar-refractivity contribution in [1.29, 1.82) is 0 Å². The van der Waals surface area contributed by atoms with Gasteiger partial charge in [-0.25, -0.2) is 0 Å². The van der Waals surface area contributed by atoms with E-state index in [0.717, 1.165) is 11.8 Å². The molecule has 2 aliphatic carbocycles. The van der Waals surface area contributed by atoms with Crippen LogP contribution in [0, 0.1) is 33.5 Å². The van der Waals surface area contributed by atoms with Crippen molar-refractivity contribution < 1.29 is 0 Å². The summed E-state index contributed by atoms with van der Waals surface area (Å²) in [6.45, 7) is 24.1. The minimum atomic E-state index is 0. The molecule has 4 unspecified atom stereocenters. The summed E-state index contributed by atoms with van der Waals surface area (Å²) in [5.74, 6) is 1.86. The molecular formula is C26H56. The van der Waals surface area contributed by atoms with Gasteiger partial charge in [0.2, 0.25) is 0 Å². The number of hydrogen-bond donors (Lipinski definition) is 0. The molecule has 0 aromatic rings. The lowest BCUT2D eigenvalue weighted by Gasteiger charge is -2.45. The third-order valence-electron chi connectivity index (χ3n) is 7.00. The van der Waals surface area contributed by atoms with E-state index < -0.39 is 0 Å². The summed E-state index contributed by atoms with van der Waals surface area (Å²) in [6, 6.07) is 0. The zero-order valence-electron chi connectivity index (χ0n) is 18.8. The summed E-state index contributed by atoms with van der Waals surface area (Å²) in [7, 11) is 0. The Kier molecular flexibility index (Phi) is 10.8. The molecule has 0 radical (unpaired) electrons. The van der Waals surface area contributed by atoms with Crippen LogP contribution in [-0.2, 0) is 0 Å². The maximum atomic E-state index is 2.46. The smallest absolute Gasteiger partial charge is 0.0321 e. The van der Waals surface area contributed by atoms with E-state index in [4.69, 9.17) is 0 Å². The van der Waals surface area contributed by atoms with Crippen molar-refractivity contribution >= 4 is 0 Å². The van der Waals surface area contributed by atoms with Crippen molar-refractivity contribution in [2.24, 2.45) is 33.5 Å². The minimum Gasteiger partial charge on any atom is -0.0776 e. The maximum Gasteiger partial charge on any atom is -0.0321 e. The molecule has 2 fully saturated rings. The molecule has 4 atom stereocenters. The highest BCUT2D eigenvalue weighted by Crippen LogP contribution is 2.50. The van der Waals surface area contributed by atoms with Gasteiger partial charge in [0.05, 0.1) is 0 Å². The van der Waals surface area contributed by atoms with Gasteiger partial charge in [-0.3, -0.25) is 0 Å². The Bertz CT molecular complexity index is 353. The van der Waals surface area contributed by atoms with E-state index >= 15 is 0 Å². The van der Waals surface area contributed by atoms with Crippen LogP contribution in [0.3, 0.4) is 0 Å². The molecule has 0 bridgehead atoms. The summed E-state index contributed by atoms with van der Waals surface area (Å²) in [5, 5.41) is 0. The van der Waals surface area contributed by atoms with Crippen LogP contribution in [0.1, 0.15) is 135 Å². The van der Waals surface area contributed by atoms with Crippen LogP contribution in [0.5, 0.6) is 0 Å². The second kappa shape index (κ2) is 9.97.